The fourth-order valence-electron chi connectivity index (χ4n) is 2.30. The van der Waals surface area contributed by atoms with Gasteiger partial charge >= 0.3 is 0 Å². The van der Waals surface area contributed by atoms with E-state index in [1.54, 1.807) is 6.20 Å². The van der Waals surface area contributed by atoms with Crippen LogP contribution in [0.2, 0.25) is 0 Å². The maximum Gasteiger partial charge on any atom is 0.128 e. The molecule has 0 saturated heterocycles. The number of hydrogen-bond acceptors (Lipinski definition) is 2. The molecule has 0 N–H and O–H groups in total. The van der Waals surface area contributed by atoms with Gasteiger partial charge in [-0.3, -0.25) is 0 Å². The summed E-state index contributed by atoms with van der Waals surface area (Å²) >= 11 is 6.03. The first-order valence-electron chi connectivity index (χ1n) is 6.17. The van der Waals surface area contributed by atoms with E-state index >= 15 is 0 Å². The van der Waals surface area contributed by atoms with Gasteiger partial charge in [0.2, 0.25) is 0 Å². The van der Waals surface area contributed by atoms with Crippen molar-refractivity contribution in [3.8, 4) is 0 Å². The van der Waals surface area contributed by atoms with Crippen LogP contribution in [0.5, 0.6) is 0 Å². The van der Waals surface area contributed by atoms with E-state index in [1.165, 1.54) is 5.56 Å². The van der Waals surface area contributed by atoms with Gasteiger partial charge in [-0.25, -0.2) is 9.97 Å². The summed E-state index contributed by atoms with van der Waals surface area (Å²) in [6, 6.07) is 6.19. The fourth-order valence-corrected chi connectivity index (χ4v) is 2.51. The number of hydrogen-bond donors (Lipinski definition) is 0. The van der Waals surface area contributed by atoms with E-state index in [-0.39, 0.29) is 0 Å². The number of benzene rings is 1. The maximum absolute atomic E-state index is 6.03. The number of alkyl halides is 1. The molecule has 0 saturated carbocycles. The van der Waals surface area contributed by atoms with E-state index in [0.717, 1.165) is 22.7 Å². The number of nitrogens with zero attached hydrogens (tertiary/aromatic N) is 4. The van der Waals surface area contributed by atoms with Gasteiger partial charge in [0.05, 0.1) is 23.5 Å². The number of imidazole rings is 2. The van der Waals surface area contributed by atoms with E-state index in [0.29, 0.717) is 12.4 Å². The lowest BCUT2D eigenvalue weighted by molar-refractivity contribution is 0.693. The summed E-state index contributed by atoms with van der Waals surface area (Å²) in [5.74, 6) is 2.28. The summed E-state index contributed by atoms with van der Waals surface area (Å²) in [6.07, 6.45) is 3.75. The van der Waals surface area contributed by atoms with Crippen LogP contribution in [0.1, 0.15) is 17.2 Å². The van der Waals surface area contributed by atoms with Crippen LogP contribution in [-0.4, -0.2) is 19.1 Å². The third-order valence-electron chi connectivity index (χ3n) is 3.40. The number of aromatic nitrogens is 4. The van der Waals surface area contributed by atoms with Gasteiger partial charge in [0.15, 0.2) is 0 Å². The average molecular weight is 275 g/mol. The molecule has 19 heavy (non-hydrogen) atoms. The molecule has 0 unspecified atom stereocenters. The van der Waals surface area contributed by atoms with Crippen LogP contribution in [0.4, 0.5) is 0 Å². The molecule has 4 nitrogen and oxygen atoms in total. The van der Waals surface area contributed by atoms with Crippen molar-refractivity contribution in [3.63, 3.8) is 0 Å². The molecule has 0 aliphatic rings. The second kappa shape index (κ2) is 4.70. The third kappa shape index (κ3) is 2.02. The van der Waals surface area contributed by atoms with Gasteiger partial charge in [0, 0.05) is 19.4 Å². The monoisotopic (exact) mass is 274 g/mol. The lowest BCUT2D eigenvalue weighted by Crippen LogP contribution is -2.08. The standard InChI is InChI=1S/C14H15ClN4/c1-10-4-3-5-11-14(10)17-12(8-15)19(11)9-13-16-6-7-18(13)2/h3-7H,8-9H2,1-2H3. The number of halogens is 1. The normalized spacial score (nSPS) is 11.3. The Bertz CT molecular complexity index is 726. The molecule has 0 amide bonds. The molecular weight excluding hydrogens is 260 g/mol. The summed E-state index contributed by atoms with van der Waals surface area (Å²) in [6.45, 7) is 2.75. The van der Waals surface area contributed by atoms with Crippen LogP contribution in [0.25, 0.3) is 11.0 Å². The summed E-state index contributed by atoms with van der Waals surface area (Å²) < 4.78 is 4.15. The molecular formula is C14H15ClN4. The van der Waals surface area contributed by atoms with Gasteiger partial charge in [0.25, 0.3) is 0 Å². The highest BCUT2D eigenvalue weighted by Crippen LogP contribution is 2.21. The summed E-state index contributed by atoms with van der Waals surface area (Å²) in [7, 11) is 1.99. The molecule has 2 heterocycles. The predicted octanol–water partition coefficient (Wildman–Crippen LogP) is 2.87. The van der Waals surface area contributed by atoms with Crippen LogP contribution in [0, 0.1) is 6.92 Å². The molecule has 5 heteroatoms. The Morgan fingerprint density at radius 2 is 2.11 bits per heavy atom. The SMILES string of the molecule is Cc1cccc2c1nc(CCl)n2Cc1nccn1C. The first-order valence-corrected chi connectivity index (χ1v) is 6.71. The van der Waals surface area contributed by atoms with Crippen LogP contribution in [0.15, 0.2) is 30.6 Å². The largest absolute Gasteiger partial charge is 0.337 e. The molecule has 1 aromatic carbocycles. The number of para-hydroxylation sites is 1. The van der Waals surface area contributed by atoms with E-state index in [9.17, 15) is 0 Å². The fraction of sp³-hybridized carbons (Fsp3) is 0.286. The van der Waals surface area contributed by atoms with Crippen molar-refractivity contribution < 1.29 is 0 Å². The van der Waals surface area contributed by atoms with Crippen LogP contribution < -0.4 is 0 Å². The maximum atomic E-state index is 6.03. The van der Waals surface area contributed by atoms with Crippen LogP contribution >= 0.6 is 11.6 Å². The van der Waals surface area contributed by atoms with Gasteiger partial charge in [-0.15, -0.1) is 11.6 Å². The molecule has 0 radical (unpaired) electrons. The van der Waals surface area contributed by atoms with E-state index in [4.69, 9.17) is 11.6 Å². The molecule has 0 fully saturated rings. The van der Waals surface area contributed by atoms with Crippen molar-refractivity contribution in [2.45, 2.75) is 19.3 Å². The lowest BCUT2D eigenvalue weighted by Gasteiger charge is -2.07. The minimum atomic E-state index is 0.401. The second-order valence-corrected chi connectivity index (χ2v) is 4.91. The number of fused-ring (bicyclic) bond motifs is 1. The van der Waals surface area contributed by atoms with Gasteiger partial charge < -0.3 is 9.13 Å². The van der Waals surface area contributed by atoms with Crippen molar-refractivity contribution in [1.82, 2.24) is 19.1 Å². The number of rotatable bonds is 3. The molecule has 0 bridgehead atoms. The summed E-state index contributed by atoms with van der Waals surface area (Å²) in [5, 5.41) is 0. The Balaban J connectivity index is 2.16. The Hall–Kier alpha value is -1.81. The lowest BCUT2D eigenvalue weighted by atomic mass is 10.2. The summed E-state index contributed by atoms with van der Waals surface area (Å²) in [5.41, 5.74) is 3.30. The van der Waals surface area contributed by atoms with Crippen LogP contribution in [-0.2, 0) is 19.5 Å². The van der Waals surface area contributed by atoms with E-state index in [2.05, 4.69) is 33.6 Å². The highest BCUT2D eigenvalue weighted by molar-refractivity contribution is 6.16. The molecule has 2 aromatic heterocycles. The third-order valence-corrected chi connectivity index (χ3v) is 3.64. The van der Waals surface area contributed by atoms with Gasteiger partial charge in [-0.05, 0) is 18.6 Å². The van der Waals surface area contributed by atoms with Crippen LogP contribution in [0.3, 0.4) is 0 Å². The predicted molar refractivity (Wildman–Crippen MR) is 76.3 cm³/mol. The quantitative estimate of drug-likeness (QED) is 0.689. The summed E-state index contributed by atoms with van der Waals surface area (Å²) in [4.78, 5) is 9.00. The molecule has 0 aliphatic carbocycles. The minimum Gasteiger partial charge on any atom is -0.337 e. The van der Waals surface area contributed by atoms with Crippen molar-refractivity contribution in [2.75, 3.05) is 0 Å². The van der Waals surface area contributed by atoms with Gasteiger partial charge in [-0.2, -0.15) is 0 Å². The Morgan fingerprint density at radius 3 is 2.79 bits per heavy atom. The topological polar surface area (TPSA) is 35.6 Å². The molecule has 0 spiro atoms. The number of aryl methyl sites for hydroxylation is 2. The van der Waals surface area contributed by atoms with Crippen molar-refractivity contribution in [3.05, 3.63) is 47.8 Å². The Kier molecular flexibility index (Phi) is 3.03. The van der Waals surface area contributed by atoms with Crippen molar-refractivity contribution >= 4 is 22.6 Å². The van der Waals surface area contributed by atoms with E-state index in [1.807, 2.05) is 23.9 Å². The zero-order valence-corrected chi connectivity index (χ0v) is 11.7. The zero-order chi connectivity index (χ0) is 13.4. The van der Waals surface area contributed by atoms with Gasteiger partial charge in [0.1, 0.15) is 11.6 Å². The zero-order valence-electron chi connectivity index (χ0n) is 11.0. The first kappa shape index (κ1) is 12.2. The average Bonchev–Trinajstić information content (AvgIpc) is 2.96. The van der Waals surface area contributed by atoms with Crippen molar-refractivity contribution in [1.29, 1.82) is 0 Å². The molecule has 3 aromatic rings. The molecule has 3 rings (SSSR count). The molecule has 0 aliphatic heterocycles. The highest BCUT2D eigenvalue weighted by atomic mass is 35.5. The smallest absolute Gasteiger partial charge is 0.128 e. The van der Waals surface area contributed by atoms with E-state index < -0.39 is 0 Å². The minimum absolute atomic E-state index is 0.401. The second-order valence-electron chi connectivity index (χ2n) is 4.64. The van der Waals surface area contributed by atoms with Gasteiger partial charge in [-0.1, -0.05) is 12.1 Å². The van der Waals surface area contributed by atoms with Crippen molar-refractivity contribution in [2.24, 2.45) is 7.05 Å². The highest BCUT2D eigenvalue weighted by Gasteiger charge is 2.13. The molecule has 98 valence electrons. The Labute approximate surface area is 116 Å². The Morgan fingerprint density at radius 1 is 1.26 bits per heavy atom. The molecule has 0 atom stereocenters. The first-order chi connectivity index (χ1) is 9.20.